The minimum atomic E-state index is -1.34. The Kier molecular flexibility index (Phi) is 5.49. The first-order valence-corrected chi connectivity index (χ1v) is 8.50. The van der Waals surface area contributed by atoms with Gasteiger partial charge >= 0.3 is 5.97 Å². The molecule has 26 heavy (non-hydrogen) atoms. The van der Waals surface area contributed by atoms with Crippen LogP contribution in [0.4, 0.5) is 0 Å². The van der Waals surface area contributed by atoms with Crippen LogP contribution in [-0.2, 0) is 27.2 Å². The molecule has 1 heterocycles. The topological polar surface area (TPSA) is 83.8 Å². The number of Topliss-reactive ketones (excluding diaryl/α,β-unsaturated/α-hetero) is 1. The summed E-state index contributed by atoms with van der Waals surface area (Å²) in [6.07, 6.45) is -1.25. The van der Waals surface area contributed by atoms with Crippen LogP contribution in [-0.4, -0.2) is 34.2 Å². The number of ketones is 1. The number of benzene rings is 2. The molecule has 0 aromatic heterocycles. The number of aliphatic hydroxyl groups excluding tert-OH is 2. The Morgan fingerprint density at radius 3 is 2.15 bits per heavy atom. The Bertz CT molecular complexity index is 811. The predicted octanol–water partition coefficient (Wildman–Crippen LogP) is 2.53. The molecule has 0 bridgehead atoms. The quantitative estimate of drug-likeness (QED) is 0.361. The Morgan fingerprint density at radius 1 is 0.962 bits per heavy atom. The van der Waals surface area contributed by atoms with Crippen molar-refractivity contribution < 1.29 is 24.5 Å². The Hall–Kier alpha value is -2.92. The van der Waals surface area contributed by atoms with E-state index in [2.05, 4.69) is 0 Å². The fraction of sp³-hybridized carbons (Fsp3) is 0.238. The van der Waals surface area contributed by atoms with E-state index in [0.717, 1.165) is 11.1 Å². The van der Waals surface area contributed by atoms with Gasteiger partial charge in [0.25, 0.3) is 0 Å². The van der Waals surface area contributed by atoms with Gasteiger partial charge in [-0.3, -0.25) is 4.79 Å². The average Bonchev–Trinajstić information content (AvgIpc) is 2.94. The van der Waals surface area contributed by atoms with E-state index in [-0.39, 0.29) is 6.42 Å². The number of esters is 1. The highest BCUT2D eigenvalue weighted by Gasteiger charge is 2.41. The molecule has 1 aliphatic heterocycles. The average molecular weight is 352 g/mol. The fourth-order valence-corrected chi connectivity index (χ4v) is 2.97. The molecule has 0 amide bonds. The summed E-state index contributed by atoms with van der Waals surface area (Å²) in [4.78, 5) is 24.5. The molecular formula is C21H20O5. The summed E-state index contributed by atoms with van der Waals surface area (Å²) in [7, 11) is 0. The van der Waals surface area contributed by atoms with Crippen molar-refractivity contribution >= 4 is 11.8 Å². The first-order valence-electron chi connectivity index (χ1n) is 8.50. The van der Waals surface area contributed by atoms with Crippen molar-refractivity contribution in [2.24, 2.45) is 0 Å². The van der Waals surface area contributed by atoms with E-state index in [1.54, 1.807) is 24.3 Å². The number of aryl methyl sites for hydroxylation is 1. The maximum Gasteiger partial charge on any atom is 0.346 e. The third-order valence-corrected chi connectivity index (χ3v) is 4.37. The number of ether oxygens (including phenoxy) is 1. The van der Waals surface area contributed by atoms with E-state index in [1.807, 2.05) is 36.4 Å². The van der Waals surface area contributed by atoms with Crippen LogP contribution in [0.2, 0.25) is 0 Å². The Morgan fingerprint density at radius 2 is 1.54 bits per heavy atom. The molecule has 0 radical (unpaired) electrons. The summed E-state index contributed by atoms with van der Waals surface area (Å²) in [6, 6.07) is 18.6. The van der Waals surface area contributed by atoms with Crippen molar-refractivity contribution in [3.63, 3.8) is 0 Å². The highest BCUT2D eigenvalue weighted by molar-refractivity contribution is 6.23. The zero-order valence-electron chi connectivity index (χ0n) is 14.2. The van der Waals surface area contributed by atoms with Gasteiger partial charge in [-0.2, -0.15) is 0 Å². The molecule has 2 aromatic carbocycles. The first-order chi connectivity index (χ1) is 12.6. The van der Waals surface area contributed by atoms with Crippen molar-refractivity contribution in [3.05, 3.63) is 83.1 Å². The highest BCUT2D eigenvalue weighted by Crippen LogP contribution is 2.25. The van der Waals surface area contributed by atoms with Crippen molar-refractivity contribution in [3.8, 4) is 0 Å². The van der Waals surface area contributed by atoms with Gasteiger partial charge in [-0.1, -0.05) is 60.7 Å². The van der Waals surface area contributed by atoms with E-state index in [0.29, 0.717) is 12.8 Å². The van der Waals surface area contributed by atoms with Crippen molar-refractivity contribution in [2.75, 3.05) is 0 Å². The van der Waals surface area contributed by atoms with Crippen LogP contribution < -0.4 is 0 Å². The van der Waals surface area contributed by atoms with Gasteiger partial charge in [0.2, 0.25) is 5.78 Å². The van der Waals surface area contributed by atoms with E-state index in [1.165, 1.54) is 0 Å². The normalized spacial score (nSPS) is 20.0. The van der Waals surface area contributed by atoms with Gasteiger partial charge in [0.1, 0.15) is 17.4 Å². The summed E-state index contributed by atoms with van der Waals surface area (Å²) >= 11 is 0. The molecule has 1 aliphatic rings. The van der Waals surface area contributed by atoms with Crippen LogP contribution in [0.5, 0.6) is 0 Å². The van der Waals surface area contributed by atoms with Crippen molar-refractivity contribution in [1.82, 2.24) is 0 Å². The minimum absolute atomic E-state index is 0.103. The highest BCUT2D eigenvalue weighted by atomic mass is 16.6. The molecule has 0 spiro atoms. The summed E-state index contributed by atoms with van der Waals surface area (Å²) in [6.45, 7) is 0. The minimum Gasteiger partial charge on any atom is -0.508 e. The largest absolute Gasteiger partial charge is 0.508 e. The van der Waals surface area contributed by atoms with E-state index in [9.17, 15) is 19.8 Å². The predicted molar refractivity (Wildman–Crippen MR) is 95.5 cm³/mol. The molecule has 2 unspecified atom stereocenters. The summed E-state index contributed by atoms with van der Waals surface area (Å²) < 4.78 is 5.11. The molecule has 3 rings (SSSR count). The third kappa shape index (κ3) is 4.00. The number of carbonyl (C=O) groups excluding carboxylic acids is 2. The van der Waals surface area contributed by atoms with Gasteiger partial charge in [-0.25, -0.2) is 4.79 Å². The van der Waals surface area contributed by atoms with Gasteiger partial charge in [0.05, 0.1) is 0 Å². The van der Waals surface area contributed by atoms with Crippen LogP contribution in [0.1, 0.15) is 17.5 Å². The molecule has 2 atom stereocenters. The molecule has 0 saturated carbocycles. The number of rotatable bonds is 6. The third-order valence-electron chi connectivity index (χ3n) is 4.37. The summed E-state index contributed by atoms with van der Waals surface area (Å²) in [5.74, 6) is -2.07. The maximum atomic E-state index is 12.5. The second kappa shape index (κ2) is 7.97. The number of hydrogen-bond donors (Lipinski definition) is 2. The second-order valence-corrected chi connectivity index (χ2v) is 6.25. The van der Waals surface area contributed by atoms with E-state index in [4.69, 9.17) is 4.74 Å². The molecule has 2 aromatic rings. The number of cyclic esters (lactones) is 1. The molecule has 5 nitrogen and oxygen atoms in total. The van der Waals surface area contributed by atoms with E-state index >= 15 is 0 Å². The standard InChI is InChI=1S/C21H20O5/c22-16(13-15-9-5-2-6-10-15)19(23)18-20(24)17(26-21(18)25)12-11-14-7-3-1-4-8-14/h1-10,16-17,22-23H,11-13H2. The molecular weight excluding hydrogens is 332 g/mol. The smallest absolute Gasteiger partial charge is 0.346 e. The zero-order valence-corrected chi connectivity index (χ0v) is 14.2. The fourth-order valence-electron chi connectivity index (χ4n) is 2.97. The van der Waals surface area contributed by atoms with Crippen LogP contribution in [0.25, 0.3) is 0 Å². The summed E-state index contributed by atoms with van der Waals surface area (Å²) in [5.41, 5.74) is 1.38. The maximum absolute atomic E-state index is 12.5. The lowest BCUT2D eigenvalue weighted by Crippen LogP contribution is -2.21. The SMILES string of the molecule is O=C1OC(CCc2ccccc2)C(=O)C1=C(O)C(O)Cc1ccccc1. The van der Waals surface area contributed by atoms with Gasteiger partial charge in [0, 0.05) is 6.42 Å². The van der Waals surface area contributed by atoms with Crippen LogP contribution in [0.3, 0.4) is 0 Å². The lowest BCUT2D eigenvalue weighted by Gasteiger charge is -2.11. The monoisotopic (exact) mass is 352 g/mol. The number of carbonyl (C=O) groups is 2. The van der Waals surface area contributed by atoms with Crippen LogP contribution in [0.15, 0.2) is 72.0 Å². The Balaban J connectivity index is 1.69. The number of hydrogen-bond acceptors (Lipinski definition) is 5. The molecule has 1 saturated heterocycles. The lowest BCUT2D eigenvalue weighted by atomic mass is 9.99. The summed E-state index contributed by atoms with van der Waals surface area (Å²) in [5, 5.41) is 20.4. The van der Waals surface area contributed by atoms with Crippen molar-refractivity contribution in [1.29, 1.82) is 0 Å². The van der Waals surface area contributed by atoms with Gasteiger partial charge in [-0.05, 0) is 24.0 Å². The van der Waals surface area contributed by atoms with Crippen LogP contribution >= 0.6 is 0 Å². The molecule has 5 heteroatoms. The second-order valence-electron chi connectivity index (χ2n) is 6.25. The lowest BCUT2D eigenvalue weighted by molar-refractivity contribution is -0.141. The van der Waals surface area contributed by atoms with Crippen molar-refractivity contribution in [2.45, 2.75) is 31.5 Å². The zero-order chi connectivity index (χ0) is 18.5. The van der Waals surface area contributed by atoms with Gasteiger partial charge in [-0.15, -0.1) is 0 Å². The molecule has 134 valence electrons. The molecule has 2 N–H and O–H groups in total. The van der Waals surface area contributed by atoms with E-state index < -0.39 is 35.3 Å². The Labute approximate surface area is 151 Å². The first kappa shape index (κ1) is 17.9. The van der Waals surface area contributed by atoms with Gasteiger partial charge < -0.3 is 14.9 Å². The van der Waals surface area contributed by atoms with Crippen LogP contribution in [0, 0.1) is 0 Å². The molecule has 1 fully saturated rings. The van der Waals surface area contributed by atoms with Gasteiger partial charge in [0.15, 0.2) is 6.10 Å². The number of aliphatic hydroxyl groups is 2. The molecule has 0 aliphatic carbocycles.